The summed E-state index contributed by atoms with van der Waals surface area (Å²) in [5.41, 5.74) is 0.637. The van der Waals surface area contributed by atoms with Gasteiger partial charge in [0, 0.05) is 13.0 Å². The predicted molar refractivity (Wildman–Crippen MR) is 142 cm³/mol. The van der Waals surface area contributed by atoms with Crippen molar-refractivity contribution in [2.75, 3.05) is 33.4 Å². The molecular weight excluding hydrogens is 496 g/mol. The van der Waals surface area contributed by atoms with Gasteiger partial charge in [0.15, 0.2) is 14.6 Å². The Labute approximate surface area is 220 Å². The van der Waals surface area contributed by atoms with Gasteiger partial charge in [0.25, 0.3) is 0 Å². The number of ether oxygens (including phenoxy) is 2. The fraction of sp³-hybridized carbons (Fsp3) is 0.519. The number of rotatable bonds is 12. The fourth-order valence-electron chi connectivity index (χ4n) is 4.69. The molecule has 1 saturated heterocycles. The number of hydrogen-bond donors (Lipinski definition) is 3. The van der Waals surface area contributed by atoms with Crippen molar-refractivity contribution in [2.45, 2.75) is 61.5 Å². The quantitative estimate of drug-likeness (QED) is 0.344. The topological polar surface area (TPSA) is 139 Å². The number of methoxy groups -OCH3 is 1. The highest BCUT2D eigenvalue weighted by Crippen LogP contribution is 2.35. The van der Waals surface area contributed by atoms with Gasteiger partial charge in [-0.1, -0.05) is 38.3 Å². The van der Waals surface area contributed by atoms with Crippen molar-refractivity contribution in [1.29, 1.82) is 0 Å². The Hall–Kier alpha value is -2.66. The van der Waals surface area contributed by atoms with Crippen LogP contribution in [0.3, 0.4) is 0 Å². The third-order valence-corrected chi connectivity index (χ3v) is 9.16. The van der Waals surface area contributed by atoms with Crippen molar-refractivity contribution in [2.24, 2.45) is 5.90 Å². The second-order valence-corrected chi connectivity index (χ2v) is 11.4. The molecule has 37 heavy (non-hydrogen) atoms. The van der Waals surface area contributed by atoms with Gasteiger partial charge in [0.2, 0.25) is 0 Å². The van der Waals surface area contributed by atoms with Crippen LogP contribution < -0.4 is 15.4 Å². The van der Waals surface area contributed by atoms with Gasteiger partial charge in [-0.3, -0.25) is 9.69 Å². The minimum absolute atomic E-state index is 0.00474. The number of nitrogens with zero attached hydrogens (tertiary/aromatic N) is 1. The van der Waals surface area contributed by atoms with Gasteiger partial charge in [0.1, 0.15) is 18.1 Å². The van der Waals surface area contributed by atoms with E-state index in [2.05, 4.69) is 10.8 Å². The number of sulfone groups is 1. The van der Waals surface area contributed by atoms with E-state index in [-0.39, 0.29) is 17.7 Å². The van der Waals surface area contributed by atoms with Gasteiger partial charge in [-0.25, -0.2) is 14.3 Å². The van der Waals surface area contributed by atoms with Crippen molar-refractivity contribution in [3.8, 4) is 11.5 Å². The zero-order valence-electron chi connectivity index (χ0n) is 21.8. The number of carbonyl (C=O) groups is 1. The average molecular weight is 537 g/mol. The number of carboxylic acids is 1. The van der Waals surface area contributed by atoms with E-state index >= 15 is 0 Å². The van der Waals surface area contributed by atoms with Crippen molar-refractivity contribution in [1.82, 2.24) is 4.90 Å². The Balaban J connectivity index is 0.00000235. The highest BCUT2D eigenvalue weighted by Gasteiger charge is 2.51. The molecule has 0 aliphatic carbocycles. The first-order valence-corrected chi connectivity index (χ1v) is 14.1. The largest absolute Gasteiger partial charge is 0.497 e. The van der Waals surface area contributed by atoms with Crippen LogP contribution in [0.15, 0.2) is 53.4 Å². The van der Waals surface area contributed by atoms with Crippen LogP contribution in [-0.2, 0) is 21.1 Å². The molecule has 0 saturated carbocycles. The fourth-order valence-corrected chi connectivity index (χ4v) is 6.69. The standard InChI is InChI=1S/C27H37NO6S.H3NO/c1-3-16-27(26(29)30,35(31,32)25-14-12-23(33-2)13-15-25)21-22-8-10-24(11-9-22)34-20-19-28-17-6-4-5-7-18-28;1-2/h8-15H,3-7,16-21H2,1-2H3,(H,29,30);2H,1H2. The second kappa shape index (κ2) is 14.9. The van der Waals surface area contributed by atoms with Gasteiger partial charge in [-0.15, -0.1) is 0 Å². The van der Waals surface area contributed by atoms with Crippen LogP contribution >= 0.6 is 0 Å². The summed E-state index contributed by atoms with van der Waals surface area (Å²) >= 11 is 0. The van der Waals surface area contributed by atoms with Crippen LogP contribution in [0.25, 0.3) is 0 Å². The van der Waals surface area contributed by atoms with E-state index in [0.717, 1.165) is 19.6 Å². The van der Waals surface area contributed by atoms with Gasteiger partial charge >= 0.3 is 5.97 Å². The number of nitrogens with two attached hydrogens (primary N) is 1. The Morgan fingerprint density at radius 2 is 1.54 bits per heavy atom. The zero-order valence-corrected chi connectivity index (χ0v) is 22.6. The molecule has 9 nitrogen and oxygen atoms in total. The van der Waals surface area contributed by atoms with Gasteiger partial charge in [-0.2, -0.15) is 0 Å². The van der Waals surface area contributed by atoms with E-state index < -0.39 is 20.6 Å². The summed E-state index contributed by atoms with van der Waals surface area (Å²) in [5.74, 6) is 3.36. The summed E-state index contributed by atoms with van der Waals surface area (Å²) in [7, 11) is -2.69. The van der Waals surface area contributed by atoms with E-state index in [1.807, 2.05) is 0 Å². The molecule has 0 bridgehead atoms. The Kier molecular flexibility index (Phi) is 12.3. The number of aliphatic carboxylic acids is 1. The summed E-state index contributed by atoms with van der Waals surface area (Å²) in [6.45, 7) is 5.47. The predicted octanol–water partition coefficient (Wildman–Crippen LogP) is 3.92. The molecular formula is C27H40N2O7S. The molecule has 1 atom stereocenters. The Morgan fingerprint density at radius 1 is 0.973 bits per heavy atom. The van der Waals surface area contributed by atoms with E-state index in [9.17, 15) is 18.3 Å². The SMILES string of the molecule is CCCC(Cc1ccc(OCCN2CCCCCC2)cc1)(C(=O)O)S(=O)(=O)c1ccc(OC)cc1.NO. The van der Waals surface area contributed by atoms with Crippen molar-refractivity contribution >= 4 is 15.8 Å². The Bertz CT molecular complexity index is 1050. The minimum Gasteiger partial charge on any atom is -0.497 e. The van der Waals surface area contributed by atoms with Crippen LogP contribution in [0.5, 0.6) is 11.5 Å². The smallest absolute Gasteiger partial charge is 0.325 e. The molecule has 10 heteroatoms. The first-order valence-electron chi connectivity index (χ1n) is 12.6. The molecule has 0 radical (unpaired) electrons. The summed E-state index contributed by atoms with van der Waals surface area (Å²) < 4.78 is 36.3. The van der Waals surface area contributed by atoms with Gasteiger partial charge < -0.3 is 19.8 Å². The summed E-state index contributed by atoms with van der Waals surface area (Å²) in [6.07, 6.45) is 5.35. The molecule has 206 valence electrons. The first-order chi connectivity index (χ1) is 17.8. The molecule has 0 amide bonds. The summed E-state index contributed by atoms with van der Waals surface area (Å²) in [6, 6.07) is 13.0. The molecule has 1 unspecified atom stereocenters. The zero-order chi connectivity index (χ0) is 27.3. The highest BCUT2D eigenvalue weighted by molar-refractivity contribution is 7.93. The molecule has 3 rings (SSSR count). The van der Waals surface area contributed by atoms with Crippen molar-refractivity contribution in [3.05, 3.63) is 54.1 Å². The molecule has 4 N–H and O–H groups in total. The average Bonchev–Trinajstić information content (AvgIpc) is 3.19. The molecule has 2 aromatic rings. The maximum absolute atomic E-state index is 13.6. The number of benzene rings is 2. The first kappa shape index (κ1) is 30.6. The van der Waals surface area contributed by atoms with Crippen LogP contribution in [0.2, 0.25) is 0 Å². The van der Waals surface area contributed by atoms with Gasteiger partial charge in [-0.05, 0) is 74.3 Å². The lowest BCUT2D eigenvalue weighted by atomic mass is 9.94. The normalized spacial score (nSPS) is 16.0. The van der Waals surface area contributed by atoms with Crippen LogP contribution in [-0.4, -0.2) is 67.7 Å². The summed E-state index contributed by atoms with van der Waals surface area (Å²) in [4.78, 5) is 14.9. The van der Waals surface area contributed by atoms with E-state index in [4.69, 9.17) is 14.7 Å². The highest BCUT2D eigenvalue weighted by atomic mass is 32.2. The third-order valence-electron chi connectivity index (χ3n) is 6.72. The Morgan fingerprint density at radius 3 is 2.05 bits per heavy atom. The molecule has 0 aromatic heterocycles. The molecule has 1 aliphatic rings. The second-order valence-electron chi connectivity index (χ2n) is 9.15. The van der Waals surface area contributed by atoms with Crippen molar-refractivity contribution < 1.29 is 33.0 Å². The molecule has 1 fully saturated rings. The number of carboxylic acid groups (broad SMARTS) is 1. The van der Waals surface area contributed by atoms with Crippen molar-refractivity contribution in [3.63, 3.8) is 0 Å². The number of hydrogen-bond acceptors (Lipinski definition) is 8. The lowest BCUT2D eigenvalue weighted by molar-refractivity contribution is -0.140. The maximum Gasteiger partial charge on any atom is 0.325 e. The van der Waals surface area contributed by atoms with Crippen LogP contribution in [0.4, 0.5) is 0 Å². The number of likely N-dealkylation sites (tertiary alicyclic amines) is 1. The van der Waals surface area contributed by atoms with Crippen LogP contribution in [0.1, 0.15) is 51.0 Å². The van der Waals surface area contributed by atoms with E-state index in [1.165, 1.54) is 57.1 Å². The maximum atomic E-state index is 13.6. The monoisotopic (exact) mass is 536 g/mol. The third kappa shape index (κ3) is 7.91. The molecule has 2 aromatic carbocycles. The molecule has 1 aliphatic heterocycles. The summed E-state index contributed by atoms with van der Waals surface area (Å²) in [5, 5.41) is 16.7. The van der Waals surface area contributed by atoms with E-state index in [1.54, 1.807) is 31.2 Å². The molecule has 0 spiro atoms. The molecule has 1 heterocycles. The van der Waals surface area contributed by atoms with E-state index in [0.29, 0.717) is 30.1 Å². The lowest BCUT2D eigenvalue weighted by Crippen LogP contribution is -2.48. The van der Waals surface area contributed by atoms with Gasteiger partial charge in [0.05, 0.1) is 12.0 Å². The lowest BCUT2D eigenvalue weighted by Gasteiger charge is -2.29. The minimum atomic E-state index is -4.18. The van der Waals surface area contributed by atoms with Crippen LogP contribution in [0, 0.1) is 0 Å².